The van der Waals surface area contributed by atoms with Gasteiger partial charge in [-0.15, -0.1) is 0 Å². The van der Waals surface area contributed by atoms with E-state index in [0.717, 1.165) is 12.1 Å². The van der Waals surface area contributed by atoms with Gasteiger partial charge in [0.25, 0.3) is 5.91 Å². The molecule has 2 rings (SSSR count). The van der Waals surface area contributed by atoms with Gasteiger partial charge in [0.05, 0.1) is 12.5 Å². The molecule has 1 aromatic heterocycles. The van der Waals surface area contributed by atoms with Crippen LogP contribution < -0.4 is 10.0 Å². The number of aromatic nitrogens is 1. The van der Waals surface area contributed by atoms with Crippen molar-refractivity contribution >= 4 is 21.6 Å². The van der Waals surface area contributed by atoms with Gasteiger partial charge in [0, 0.05) is 30.5 Å². The fourth-order valence-corrected chi connectivity index (χ4v) is 3.73. The van der Waals surface area contributed by atoms with Crippen LogP contribution >= 0.6 is 0 Å². The molecule has 1 atom stereocenters. The zero-order valence-corrected chi connectivity index (χ0v) is 16.2. The summed E-state index contributed by atoms with van der Waals surface area (Å²) >= 11 is 0. The second kappa shape index (κ2) is 8.95. The maximum absolute atomic E-state index is 13.3. The molecule has 2 aromatic rings. The van der Waals surface area contributed by atoms with Crippen LogP contribution in [0.25, 0.3) is 0 Å². The number of nitrogens with zero attached hydrogens (tertiary/aromatic N) is 2. The Bertz CT molecular complexity index is 1010. The number of nitrogens with one attached hydrogen (secondary N) is 2. The number of sulfonamides is 1. The zero-order chi connectivity index (χ0) is 20.9. The summed E-state index contributed by atoms with van der Waals surface area (Å²) in [5.74, 6) is -2.90. The summed E-state index contributed by atoms with van der Waals surface area (Å²) in [5.41, 5.74) is -0.0106. The summed E-state index contributed by atoms with van der Waals surface area (Å²) in [6, 6.07) is 5.67. The monoisotopic (exact) mass is 410 g/mol. The summed E-state index contributed by atoms with van der Waals surface area (Å²) in [6.07, 6.45) is 1.90. The fraction of sp³-hybridized carbons (Fsp3) is 0.333. The van der Waals surface area contributed by atoms with E-state index in [9.17, 15) is 22.0 Å². The first-order valence-electron chi connectivity index (χ1n) is 8.53. The van der Waals surface area contributed by atoms with E-state index < -0.39 is 27.6 Å². The molecule has 0 aliphatic rings. The highest BCUT2D eigenvalue weighted by atomic mass is 32.2. The van der Waals surface area contributed by atoms with Gasteiger partial charge in [0.1, 0.15) is 10.6 Å². The average molecular weight is 410 g/mol. The molecule has 0 aliphatic heterocycles. The van der Waals surface area contributed by atoms with E-state index in [1.807, 2.05) is 13.0 Å². The number of carbonyl (C=O) groups excluding carboxylic acids is 1. The Hall–Kier alpha value is -2.77. The molecule has 28 heavy (non-hydrogen) atoms. The molecule has 1 aromatic carbocycles. The van der Waals surface area contributed by atoms with Crippen molar-refractivity contribution in [3.05, 3.63) is 47.8 Å². The first-order valence-corrected chi connectivity index (χ1v) is 10.0. The number of nitriles is 1. The molecule has 0 aliphatic carbocycles. The summed E-state index contributed by atoms with van der Waals surface area (Å²) in [7, 11) is -3.86. The minimum Gasteiger partial charge on any atom is -0.341 e. The Morgan fingerprint density at radius 3 is 2.61 bits per heavy atom. The molecule has 0 bridgehead atoms. The van der Waals surface area contributed by atoms with Crippen LogP contribution in [0.5, 0.6) is 0 Å². The van der Waals surface area contributed by atoms with Crippen molar-refractivity contribution in [2.45, 2.75) is 44.2 Å². The Balaban J connectivity index is 2.35. The van der Waals surface area contributed by atoms with Gasteiger partial charge in [-0.25, -0.2) is 21.9 Å². The van der Waals surface area contributed by atoms with Crippen molar-refractivity contribution in [2.24, 2.45) is 0 Å². The van der Waals surface area contributed by atoms with Crippen molar-refractivity contribution in [1.29, 1.82) is 5.26 Å². The number of benzene rings is 1. The standard InChI is InChI=1S/C18H20F2N4O3S/c1-3-12(2)23-28(26,27)14-10-17(24(11-14)8-4-7-21)18(25)22-13-5-6-15(19)16(20)9-13/h5-6,9-12,23H,3-4,8H2,1-2H3,(H,22,25)/t12-/m1/s1. The molecule has 0 radical (unpaired) electrons. The molecule has 0 saturated carbocycles. The highest BCUT2D eigenvalue weighted by molar-refractivity contribution is 7.89. The third-order valence-electron chi connectivity index (χ3n) is 4.03. The molecular formula is C18H20F2N4O3S. The summed E-state index contributed by atoms with van der Waals surface area (Å²) in [4.78, 5) is 12.4. The maximum Gasteiger partial charge on any atom is 0.272 e. The Morgan fingerprint density at radius 1 is 1.29 bits per heavy atom. The largest absolute Gasteiger partial charge is 0.341 e. The van der Waals surface area contributed by atoms with Gasteiger partial charge in [-0.2, -0.15) is 5.26 Å². The number of rotatable bonds is 8. The van der Waals surface area contributed by atoms with Crippen LogP contribution in [0.1, 0.15) is 37.2 Å². The summed E-state index contributed by atoms with van der Waals surface area (Å²) in [5, 5.41) is 11.2. The summed E-state index contributed by atoms with van der Waals surface area (Å²) in [6.45, 7) is 3.63. The molecule has 7 nitrogen and oxygen atoms in total. The second-order valence-electron chi connectivity index (χ2n) is 6.18. The predicted octanol–water partition coefficient (Wildman–Crippen LogP) is 3.01. The molecule has 0 fully saturated rings. The highest BCUT2D eigenvalue weighted by Crippen LogP contribution is 2.19. The van der Waals surface area contributed by atoms with Crippen molar-refractivity contribution in [2.75, 3.05) is 5.32 Å². The van der Waals surface area contributed by atoms with E-state index in [0.29, 0.717) is 6.42 Å². The zero-order valence-electron chi connectivity index (χ0n) is 15.4. The first kappa shape index (κ1) is 21.5. The predicted molar refractivity (Wildman–Crippen MR) is 99.0 cm³/mol. The Labute approximate surface area is 162 Å². The second-order valence-corrected chi connectivity index (χ2v) is 7.89. The van der Waals surface area contributed by atoms with Gasteiger partial charge in [-0.3, -0.25) is 4.79 Å². The van der Waals surface area contributed by atoms with Gasteiger partial charge in [-0.1, -0.05) is 6.92 Å². The minimum atomic E-state index is -3.86. The van der Waals surface area contributed by atoms with Gasteiger partial charge in [0.15, 0.2) is 11.6 Å². The lowest BCUT2D eigenvalue weighted by molar-refractivity contribution is 0.101. The van der Waals surface area contributed by atoms with E-state index in [-0.39, 0.29) is 35.3 Å². The van der Waals surface area contributed by atoms with E-state index in [2.05, 4.69) is 10.0 Å². The molecule has 150 valence electrons. The van der Waals surface area contributed by atoms with Crippen molar-refractivity contribution < 1.29 is 22.0 Å². The van der Waals surface area contributed by atoms with Crippen LogP contribution in [0.4, 0.5) is 14.5 Å². The number of anilines is 1. The normalized spacial score (nSPS) is 12.4. The lowest BCUT2D eigenvalue weighted by atomic mass is 10.3. The van der Waals surface area contributed by atoms with E-state index >= 15 is 0 Å². The van der Waals surface area contributed by atoms with Gasteiger partial charge in [-0.05, 0) is 31.5 Å². The van der Waals surface area contributed by atoms with Gasteiger partial charge >= 0.3 is 0 Å². The number of hydrogen-bond donors (Lipinski definition) is 2. The van der Waals surface area contributed by atoms with Crippen LogP contribution in [-0.2, 0) is 16.6 Å². The number of aryl methyl sites for hydroxylation is 1. The maximum atomic E-state index is 13.3. The van der Waals surface area contributed by atoms with Crippen molar-refractivity contribution in [3.63, 3.8) is 0 Å². The molecular weight excluding hydrogens is 390 g/mol. The average Bonchev–Trinajstić information content (AvgIpc) is 3.08. The number of halogens is 2. The van der Waals surface area contributed by atoms with Crippen molar-refractivity contribution in [3.8, 4) is 6.07 Å². The molecule has 0 unspecified atom stereocenters. The molecule has 0 spiro atoms. The van der Waals surface area contributed by atoms with Crippen LogP contribution in [-0.4, -0.2) is 24.9 Å². The lowest BCUT2D eigenvalue weighted by Gasteiger charge is -2.10. The van der Waals surface area contributed by atoms with Crippen LogP contribution in [0, 0.1) is 23.0 Å². The Morgan fingerprint density at radius 2 is 2.00 bits per heavy atom. The van der Waals surface area contributed by atoms with Gasteiger partial charge < -0.3 is 9.88 Å². The van der Waals surface area contributed by atoms with E-state index in [1.165, 1.54) is 22.9 Å². The molecule has 1 heterocycles. The molecule has 0 saturated heterocycles. The van der Waals surface area contributed by atoms with E-state index in [4.69, 9.17) is 5.26 Å². The first-order chi connectivity index (χ1) is 13.2. The van der Waals surface area contributed by atoms with Crippen molar-refractivity contribution in [1.82, 2.24) is 9.29 Å². The molecule has 1 amide bonds. The van der Waals surface area contributed by atoms with Gasteiger partial charge in [0.2, 0.25) is 10.0 Å². The smallest absolute Gasteiger partial charge is 0.272 e. The minimum absolute atomic E-state index is 0.0130. The lowest BCUT2D eigenvalue weighted by Crippen LogP contribution is -2.31. The highest BCUT2D eigenvalue weighted by Gasteiger charge is 2.23. The van der Waals surface area contributed by atoms with E-state index in [1.54, 1.807) is 6.92 Å². The Kier molecular flexibility index (Phi) is 6.88. The SMILES string of the molecule is CC[C@@H](C)NS(=O)(=O)c1cc(C(=O)Nc2ccc(F)c(F)c2)n(CCC#N)c1. The third kappa shape index (κ3) is 5.15. The topological polar surface area (TPSA) is 104 Å². The molecule has 2 N–H and O–H groups in total. The number of amides is 1. The third-order valence-corrected chi connectivity index (χ3v) is 5.58. The quantitative estimate of drug-likeness (QED) is 0.698. The number of hydrogen-bond acceptors (Lipinski definition) is 4. The fourth-order valence-electron chi connectivity index (χ4n) is 2.36. The number of carbonyl (C=O) groups is 1. The van der Waals surface area contributed by atoms with Crippen LogP contribution in [0.15, 0.2) is 35.4 Å². The van der Waals surface area contributed by atoms with Crippen LogP contribution in [0.3, 0.4) is 0 Å². The molecule has 10 heteroatoms. The summed E-state index contributed by atoms with van der Waals surface area (Å²) < 4.78 is 55.2. The van der Waals surface area contributed by atoms with Crippen LogP contribution in [0.2, 0.25) is 0 Å².